The average Bonchev–Trinajstić information content (AvgIpc) is 2.31. The zero-order valence-corrected chi connectivity index (χ0v) is 10.4. The molecule has 0 saturated heterocycles. The number of carbonyl (C=O) groups is 1. The second-order valence-electron chi connectivity index (χ2n) is 3.46. The Morgan fingerprint density at radius 1 is 1.35 bits per heavy atom. The molecule has 0 aliphatic rings. The fourth-order valence-electron chi connectivity index (χ4n) is 1.25. The van der Waals surface area contributed by atoms with Crippen molar-refractivity contribution >= 4 is 17.7 Å². The minimum absolute atomic E-state index is 0.180. The molecule has 0 bridgehead atoms. The number of halogens is 2. The molecule has 5 heteroatoms. The van der Waals surface area contributed by atoms with Crippen LogP contribution in [0.2, 0.25) is 0 Å². The number of rotatable bonds is 6. The number of hydrogen-bond acceptors (Lipinski definition) is 3. The number of thioether (sulfide) groups is 1. The van der Waals surface area contributed by atoms with Gasteiger partial charge in [-0.25, -0.2) is 8.78 Å². The fourth-order valence-corrected chi connectivity index (χ4v) is 1.50. The van der Waals surface area contributed by atoms with Crippen LogP contribution >= 0.6 is 11.8 Å². The van der Waals surface area contributed by atoms with Crippen LogP contribution in [0.4, 0.5) is 8.78 Å². The molecule has 94 valence electrons. The van der Waals surface area contributed by atoms with Crippen molar-refractivity contribution in [2.24, 2.45) is 0 Å². The van der Waals surface area contributed by atoms with E-state index in [-0.39, 0.29) is 12.4 Å². The first-order chi connectivity index (χ1) is 8.13. The molecule has 1 aromatic rings. The predicted molar refractivity (Wildman–Crippen MR) is 64.0 cm³/mol. The molecule has 0 aromatic heterocycles. The third-order valence-electron chi connectivity index (χ3n) is 2.15. The van der Waals surface area contributed by atoms with Crippen molar-refractivity contribution in [3.8, 4) is 0 Å². The van der Waals surface area contributed by atoms with Crippen LogP contribution in [-0.4, -0.2) is 24.6 Å². The monoisotopic (exact) mass is 260 g/mol. The van der Waals surface area contributed by atoms with Gasteiger partial charge in [0, 0.05) is 12.2 Å². The number of esters is 1. The van der Waals surface area contributed by atoms with Crippen molar-refractivity contribution in [1.82, 2.24) is 0 Å². The van der Waals surface area contributed by atoms with Crippen LogP contribution in [0.3, 0.4) is 0 Å². The highest BCUT2D eigenvalue weighted by Crippen LogP contribution is 2.10. The maximum atomic E-state index is 12.9. The van der Waals surface area contributed by atoms with Gasteiger partial charge in [0.25, 0.3) is 0 Å². The third-order valence-corrected chi connectivity index (χ3v) is 2.73. The Bertz CT molecular complexity index is 383. The van der Waals surface area contributed by atoms with Crippen LogP contribution in [0.5, 0.6) is 0 Å². The van der Waals surface area contributed by atoms with Gasteiger partial charge in [0.15, 0.2) is 11.6 Å². The molecule has 17 heavy (non-hydrogen) atoms. The third kappa shape index (κ3) is 5.17. The quantitative estimate of drug-likeness (QED) is 0.581. The summed E-state index contributed by atoms with van der Waals surface area (Å²) in [5.41, 5.74) is 0.589. The van der Waals surface area contributed by atoms with E-state index in [9.17, 15) is 13.6 Å². The van der Waals surface area contributed by atoms with Gasteiger partial charge in [-0.2, -0.15) is 11.8 Å². The summed E-state index contributed by atoms with van der Waals surface area (Å²) in [5.74, 6) is -1.32. The van der Waals surface area contributed by atoms with E-state index in [1.807, 2.05) is 6.26 Å². The molecule has 0 heterocycles. The van der Waals surface area contributed by atoms with E-state index in [4.69, 9.17) is 4.74 Å². The molecule has 0 saturated carbocycles. The summed E-state index contributed by atoms with van der Waals surface area (Å²) < 4.78 is 30.4. The van der Waals surface area contributed by atoms with Gasteiger partial charge in [-0.1, -0.05) is 6.07 Å². The lowest BCUT2D eigenvalue weighted by molar-refractivity contribution is -0.142. The zero-order valence-electron chi connectivity index (χ0n) is 9.54. The van der Waals surface area contributed by atoms with Crippen molar-refractivity contribution in [2.75, 3.05) is 18.6 Å². The molecule has 0 amide bonds. The van der Waals surface area contributed by atoms with Gasteiger partial charge in [-0.15, -0.1) is 0 Å². The molecule has 2 nitrogen and oxygen atoms in total. The summed E-state index contributed by atoms with van der Waals surface area (Å²) in [6.07, 6.45) is 2.46. The molecule has 0 N–H and O–H groups in total. The number of hydrogen-bond donors (Lipinski definition) is 0. The first-order valence-corrected chi connectivity index (χ1v) is 6.61. The lowest BCUT2D eigenvalue weighted by Crippen LogP contribution is -2.08. The summed E-state index contributed by atoms with van der Waals surface area (Å²) in [4.78, 5) is 11.2. The molecule has 0 radical (unpaired) electrons. The van der Waals surface area contributed by atoms with Gasteiger partial charge >= 0.3 is 5.97 Å². The maximum absolute atomic E-state index is 12.9. The Balaban J connectivity index is 2.34. The summed E-state index contributed by atoms with van der Waals surface area (Å²) in [7, 11) is 0. The van der Waals surface area contributed by atoms with E-state index in [0.717, 1.165) is 17.9 Å². The lowest BCUT2D eigenvalue weighted by Gasteiger charge is -2.04. The van der Waals surface area contributed by atoms with Gasteiger partial charge in [0.1, 0.15) is 6.61 Å². The summed E-state index contributed by atoms with van der Waals surface area (Å²) in [6.45, 7) is 0.387. The first-order valence-electron chi connectivity index (χ1n) is 5.22. The number of aryl methyl sites for hydroxylation is 1. The second kappa shape index (κ2) is 7.27. The molecule has 0 unspecified atom stereocenters. The highest BCUT2D eigenvalue weighted by Gasteiger charge is 2.06. The van der Waals surface area contributed by atoms with E-state index in [1.165, 1.54) is 6.07 Å². The van der Waals surface area contributed by atoms with Gasteiger partial charge in [-0.3, -0.25) is 4.79 Å². The molecule has 1 rings (SSSR count). The summed E-state index contributed by atoms with van der Waals surface area (Å²) in [6, 6.07) is 3.63. The largest absolute Gasteiger partial charge is 0.465 e. The number of carbonyl (C=O) groups excluding carboxylic acids is 1. The smallest absolute Gasteiger partial charge is 0.306 e. The molecule has 0 aliphatic carbocycles. The van der Waals surface area contributed by atoms with Crippen LogP contribution in [-0.2, 0) is 16.0 Å². The normalized spacial score (nSPS) is 10.3. The highest BCUT2D eigenvalue weighted by atomic mass is 32.2. The second-order valence-corrected chi connectivity index (χ2v) is 4.45. The predicted octanol–water partition coefficient (Wildman–Crippen LogP) is 2.80. The van der Waals surface area contributed by atoms with E-state index in [2.05, 4.69) is 0 Å². The molecule has 0 spiro atoms. The van der Waals surface area contributed by atoms with Crippen molar-refractivity contribution in [3.05, 3.63) is 35.4 Å². The van der Waals surface area contributed by atoms with Crippen molar-refractivity contribution in [3.63, 3.8) is 0 Å². The summed E-state index contributed by atoms with van der Waals surface area (Å²) in [5, 5.41) is 0. The van der Waals surface area contributed by atoms with Crippen LogP contribution < -0.4 is 0 Å². The Morgan fingerprint density at radius 3 is 2.76 bits per heavy atom. The first kappa shape index (κ1) is 14.0. The molecular weight excluding hydrogens is 246 g/mol. The van der Waals surface area contributed by atoms with Crippen molar-refractivity contribution < 1.29 is 18.3 Å². The summed E-state index contributed by atoms with van der Waals surface area (Å²) >= 11 is 1.59. The Hall–Kier alpha value is -1.10. The Morgan fingerprint density at radius 2 is 2.12 bits per heavy atom. The van der Waals surface area contributed by atoms with Gasteiger partial charge in [0.2, 0.25) is 0 Å². The number of benzene rings is 1. The van der Waals surface area contributed by atoms with Crippen LogP contribution in [0.25, 0.3) is 0 Å². The van der Waals surface area contributed by atoms with Crippen LogP contribution in [0, 0.1) is 11.6 Å². The molecule has 0 fully saturated rings. The molecule has 1 aromatic carbocycles. The van der Waals surface area contributed by atoms with Crippen molar-refractivity contribution in [1.29, 1.82) is 0 Å². The van der Waals surface area contributed by atoms with E-state index in [0.29, 0.717) is 18.6 Å². The maximum Gasteiger partial charge on any atom is 0.306 e. The lowest BCUT2D eigenvalue weighted by atomic mass is 10.1. The molecule has 0 atom stereocenters. The SMILES string of the molecule is CSCCOC(=O)CCc1ccc(F)c(F)c1. The van der Waals surface area contributed by atoms with Gasteiger partial charge in [0.05, 0.1) is 0 Å². The number of ether oxygens (including phenoxy) is 1. The van der Waals surface area contributed by atoms with E-state index < -0.39 is 11.6 Å². The molecular formula is C12H14F2O2S. The van der Waals surface area contributed by atoms with Crippen LogP contribution in [0.1, 0.15) is 12.0 Å². The van der Waals surface area contributed by atoms with Gasteiger partial charge in [-0.05, 0) is 30.4 Å². The topological polar surface area (TPSA) is 26.3 Å². The standard InChI is InChI=1S/C12H14F2O2S/c1-17-7-6-16-12(15)5-3-9-2-4-10(13)11(14)8-9/h2,4,8H,3,5-7H2,1H3. The fraction of sp³-hybridized carbons (Fsp3) is 0.417. The Kier molecular flexibility index (Phi) is 5.97. The van der Waals surface area contributed by atoms with Gasteiger partial charge < -0.3 is 4.74 Å². The average molecular weight is 260 g/mol. The van der Waals surface area contributed by atoms with Crippen LogP contribution in [0.15, 0.2) is 18.2 Å². The zero-order chi connectivity index (χ0) is 12.7. The van der Waals surface area contributed by atoms with E-state index >= 15 is 0 Å². The van der Waals surface area contributed by atoms with Crippen molar-refractivity contribution in [2.45, 2.75) is 12.8 Å². The Labute approximate surface area is 103 Å². The highest BCUT2D eigenvalue weighted by molar-refractivity contribution is 7.98. The minimum atomic E-state index is -0.891. The van der Waals surface area contributed by atoms with E-state index in [1.54, 1.807) is 11.8 Å². The minimum Gasteiger partial charge on any atom is -0.465 e. The molecule has 0 aliphatic heterocycles.